The number of ether oxygens (including phenoxy) is 1. The van der Waals surface area contributed by atoms with Crippen molar-refractivity contribution in [1.29, 1.82) is 0 Å². The number of alkyl halides is 2. The van der Waals surface area contributed by atoms with E-state index in [1.54, 1.807) is 13.0 Å². The smallest absolute Gasteiger partial charge is 0.387 e. The first-order valence-corrected chi connectivity index (χ1v) is 5.91. The van der Waals surface area contributed by atoms with E-state index in [1.807, 2.05) is 12.1 Å². The predicted octanol–water partition coefficient (Wildman–Crippen LogP) is 2.75. The number of hydrogen-bond acceptors (Lipinski definition) is 2. The zero-order chi connectivity index (χ0) is 12.3. The first-order valence-electron chi connectivity index (χ1n) is 5.91. The molecule has 1 saturated heterocycles. The van der Waals surface area contributed by atoms with Gasteiger partial charge in [-0.1, -0.05) is 18.2 Å². The topological polar surface area (TPSA) is 21.3 Å². The lowest BCUT2D eigenvalue weighted by Crippen LogP contribution is -2.12. The summed E-state index contributed by atoms with van der Waals surface area (Å²) >= 11 is 0. The highest BCUT2D eigenvalue weighted by Gasteiger charge is 2.19. The fourth-order valence-electron chi connectivity index (χ4n) is 2.33. The fraction of sp³-hybridized carbons (Fsp3) is 0.538. The Bertz CT molecular complexity index is 376. The minimum Gasteiger partial charge on any atom is -0.434 e. The van der Waals surface area contributed by atoms with Crippen LogP contribution in [-0.4, -0.2) is 19.7 Å². The highest BCUT2D eigenvalue weighted by atomic mass is 19.3. The van der Waals surface area contributed by atoms with Crippen LogP contribution in [0.25, 0.3) is 0 Å². The number of rotatable bonds is 4. The molecule has 0 aliphatic carbocycles. The van der Waals surface area contributed by atoms with Gasteiger partial charge in [-0.2, -0.15) is 8.78 Å². The van der Waals surface area contributed by atoms with Crippen LogP contribution in [-0.2, 0) is 6.42 Å². The molecule has 1 aromatic rings. The van der Waals surface area contributed by atoms with E-state index in [4.69, 9.17) is 0 Å². The summed E-state index contributed by atoms with van der Waals surface area (Å²) in [6.45, 7) is 1.02. The van der Waals surface area contributed by atoms with E-state index < -0.39 is 6.61 Å². The molecule has 0 saturated carbocycles. The number of nitrogens with one attached hydrogen (secondary N) is 1. The first kappa shape index (κ1) is 12.3. The molecule has 0 radical (unpaired) electrons. The van der Waals surface area contributed by atoms with E-state index in [2.05, 4.69) is 10.1 Å². The Balaban J connectivity index is 2.16. The average molecular weight is 241 g/mol. The molecule has 1 atom stereocenters. The average Bonchev–Trinajstić information content (AvgIpc) is 2.75. The van der Waals surface area contributed by atoms with Crippen LogP contribution in [0.15, 0.2) is 18.2 Å². The van der Waals surface area contributed by atoms with Crippen molar-refractivity contribution >= 4 is 0 Å². The normalized spacial score (nSPS) is 19.9. The van der Waals surface area contributed by atoms with Crippen LogP contribution in [0, 0.1) is 12.8 Å². The van der Waals surface area contributed by atoms with Crippen molar-refractivity contribution in [2.45, 2.75) is 26.4 Å². The largest absolute Gasteiger partial charge is 0.434 e. The molecule has 17 heavy (non-hydrogen) atoms. The molecule has 1 heterocycles. The van der Waals surface area contributed by atoms with Gasteiger partial charge in [-0.05, 0) is 49.9 Å². The van der Waals surface area contributed by atoms with Gasteiger partial charge in [-0.15, -0.1) is 0 Å². The van der Waals surface area contributed by atoms with Gasteiger partial charge in [0.05, 0.1) is 0 Å². The Hall–Kier alpha value is -1.16. The molecule has 1 aliphatic heterocycles. The van der Waals surface area contributed by atoms with Crippen LogP contribution in [0.1, 0.15) is 17.5 Å². The Morgan fingerprint density at radius 3 is 2.94 bits per heavy atom. The highest BCUT2D eigenvalue weighted by molar-refractivity contribution is 5.41. The van der Waals surface area contributed by atoms with Gasteiger partial charge in [0.2, 0.25) is 0 Å². The molecule has 1 fully saturated rings. The van der Waals surface area contributed by atoms with Crippen molar-refractivity contribution < 1.29 is 13.5 Å². The van der Waals surface area contributed by atoms with E-state index in [0.717, 1.165) is 37.1 Å². The molecular formula is C13H17F2NO. The van der Waals surface area contributed by atoms with E-state index in [-0.39, 0.29) is 0 Å². The summed E-state index contributed by atoms with van der Waals surface area (Å²) in [5.41, 5.74) is 1.66. The lowest BCUT2D eigenvalue weighted by atomic mass is 9.96. The minimum atomic E-state index is -2.75. The lowest BCUT2D eigenvalue weighted by molar-refractivity contribution is -0.0509. The number of para-hydroxylation sites is 1. The first-order chi connectivity index (χ1) is 8.16. The molecule has 4 heteroatoms. The Morgan fingerprint density at radius 1 is 1.47 bits per heavy atom. The van der Waals surface area contributed by atoms with Gasteiger partial charge < -0.3 is 10.1 Å². The van der Waals surface area contributed by atoms with Gasteiger partial charge in [0.1, 0.15) is 5.75 Å². The summed E-state index contributed by atoms with van der Waals surface area (Å²) in [6, 6.07) is 5.57. The van der Waals surface area contributed by atoms with Crippen LogP contribution in [0.5, 0.6) is 5.75 Å². The SMILES string of the molecule is Cc1cccc(CC2CCNC2)c1OC(F)F. The van der Waals surface area contributed by atoms with Gasteiger partial charge in [-0.25, -0.2) is 0 Å². The molecule has 1 aromatic carbocycles. The van der Waals surface area contributed by atoms with E-state index in [9.17, 15) is 8.78 Å². The second-order valence-corrected chi connectivity index (χ2v) is 4.50. The van der Waals surface area contributed by atoms with E-state index in [0.29, 0.717) is 11.7 Å². The zero-order valence-electron chi connectivity index (χ0n) is 9.88. The maximum Gasteiger partial charge on any atom is 0.387 e. The van der Waals surface area contributed by atoms with E-state index >= 15 is 0 Å². The van der Waals surface area contributed by atoms with Gasteiger partial charge in [0.15, 0.2) is 0 Å². The van der Waals surface area contributed by atoms with Gasteiger partial charge >= 0.3 is 6.61 Å². The van der Waals surface area contributed by atoms with Crippen molar-refractivity contribution in [3.8, 4) is 5.75 Å². The molecule has 0 amide bonds. The highest BCUT2D eigenvalue weighted by Crippen LogP contribution is 2.28. The monoisotopic (exact) mass is 241 g/mol. The van der Waals surface area contributed by atoms with Crippen molar-refractivity contribution in [3.63, 3.8) is 0 Å². The van der Waals surface area contributed by atoms with Crippen LogP contribution in [0.4, 0.5) is 8.78 Å². The second-order valence-electron chi connectivity index (χ2n) is 4.50. The van der Waals surface area contributed by atoms with Crippen LogP contribution in [0.2, 0.25) is 0 Å². The van der Waals surface area contributed by atoms with Crippen LogP contribution >= 0.6 is 0 Å². The maximum absolute atomic E-state index is 12.4. The summed E-state index contributed by atoms with van der Waals surface area (Å²) in [6.07, 6.45) is 1.90. The quantitative estimate of drug-likeness (QED) is 0.875. The summed E-state index contributed by atoms with van der Waals surface area (Å²) in [5, 5.41) is 3.28. The third-order valence-corrected chi connectivity index (χ3v) is 3.17. The zero-order valence-corrected chi connectivity index (χ0v) is 9.88. The fourth-order valence-corrected chi connectivity index (χ4v) is 2.33. The number of benzene rings is 1. The molecule has 2 rings (SSSR count). The molecule has 0 spiro atoms. The minimum absolute atomic E-state index is 0.356. The molecule has 1 unspecified atom stereocenters. The van der Waals surface area contributed by atoms with Gasteiger partial charge in [-0.3, -0.25) is 0 Å². The molecule has 2 nitrogen and oxygen atoms in total. The van der Waals surface area contributed by atoms with Crippen LogP contribution in [0.3, 0.4) is 0 Å². The van der Waals surface area contributed by atoms with Crippen molar-refractivity contribution in [1.82, 2.24) is 5.32 Å². The Kier molecular flexibility index (Phi) is 3.94. The standard InChI is InChI=1S/C13H17F2NO/c1-9-3-2-4-11(12(9)17-13(14)15)7-10-5-6-16-8-10/h2-4,10,13,16H,5-8H2,1H3. The third kappa shape index (κ3) is 3.16. The van der Waals surface area contributed by atoms with Crippen molar-refractivity contribution in [2.75, 3.05) is 13.1 Å². The van der Waals surface area contributed by atoms with Crippen molar-refractivity contribution in [3.05, 3.63) is 29.3 Å². The molecule has 0 aromatic heterocycles. The number of hydrogen-bond donors (Lipinski definition) is 1. The lowest BCUT2D eigenvalue weighted by Gasteiger charge is -2.15. The second kappa shape index (κ2) is 5.45. The van der Waals surface area contributed by atoms with Crippen LogP contribution < -0.4 is 10.1 Å². The Morgan fingerprint density at radius 2 is 2.29 bits per heavy atom. The summed E-state index contributed by atoms with van der Waals surface area (Å²) in [5.74, 6) is 0.881. The number of halogens is 2. The summed E-state index contributed by atoms with van der Waals surface area (Å²) in [4.78, 5) is 0. The summed E-state index contributed by atoms with van der Waals surface area (Å²) in [7, 11) is 0. The molecule has 1 N–H and O–H groups in total. The van der Waals surface area contributed by atoms with E-state index in [1.165, 1.54) is 0 Å². The maximum atomic E-state index is 12.4. The number of aryl methyl sites for hydroxylation is 1. The summed E-state index contributed by atoms with van der Waals surface area (Å²) < 4.78 is 29.4. The van der Waals surface area contributed by atoms with Crippen molar-refractivity contribution in [2.24, 2.45) is 5.92 Å². The molecule has 94 valence electrons. The Labute approximate surface area is 100.0 Å². The van der Waals surface area contributed by atoms with Gasteiger partial charge in [0.25, 0.3) is 0 Å². The molecule has 1 aliphatic rings. The third-order valence-electron chi connectivity index (χ3n) is 3.17. The molecule has 0 bridgehead atoms. The van der Waals surface area contributed by atoms with Gasteiger partial charge in [0, 0.05) is 0 Å². The molecular weight excluding hydrogens is 224 g/mol. The predicted molar refractivity (Wildman–Crippen MR) is 62.5 cm³/mol.